The van der Waals surface area contributed by atoms with E-state index in [1.54, 1.807) is 14.1 Å². The van der Waals surface area contributed by atoms with Crippen molar-refractivity contribution >= 4 is 10.0 Å². The van der Waals surface area contributed by atoms with Gasteiger partial charge in [-0.25, -0.2) is 12.7 Å². The van der Waals surface area contributed by atoms with E-state index in [1.807, 2.05) is 12.1 Å². The van der Waals surface area contributed by atoms with Crippen LogP contribution in [-0.2, 0) is 14.8 Å². The van der Waals surface area contributed by atoms with Crippen molar-refractivity contribution in [2.75, 3.05) is 46.1 Å². The molecule has 0 radical (unpaired) electrons. The third-order valence-electron chi connectivity index (χ3n) is 3.91. The molecule has 1 unspecified atom stereocenters. The summed E-state index contributed by atoms with van der Waals surface area (Å²) in [6.07, 6.45) is 0.0296. The lowest BCUT2D eigenvalue weighted by Crippen LogP contribution is -2.42. The highest BCUT2D eigenvalue weighted by Gasteiger charge is 2.24. The quantitative estimate of drug-likeness (QED) is 0.821. The lowest BCUT2D eigenvalue weighted by molar-refractivity contribution is -0.0282. The molecule has 0 aromatic heterocycles. The third kappa shape index (κ3) is 4.26. The van der Waals surface area contributed by atoms with Gasteiger partial charge in [0.2, 0.25) is 10.0 Å². The molecule has 1 heterocycles. The second kappa shape index (κ2) is 6.87. The Labute approximate surface area is 127 Å². The summed E-state index contributed by atoms with van der Waals surface area (Å²) in [4.78, 5) is 2.17. The number of aryl methyl sites for hydroxylation is 1. The van der Waals surface area contributed by atoms with Crippen LogP contribution in [0.4, 0.5) is 0 Å². The van der Waals surface area contributed by atoms with Gasteiger partial charge in [-0.2, -0.15) is 0 Å². The van der Waals surface area contributed by atoms with Gasteiger partial charge >= 0.3 is 0 Å². The Balaban J connectivity index is 1.97. The number of benzene rings is 1. The molecular weight excluding hydrogens is 288 g/mol. The monoisotopic (exact) mass is 312 g/mol. The van der Waals surface area contributed by atoms with Gasteiger partial charge in [-0.05, 0) is 18.1 Å². The molecule has 0 aliphatic carbocycles. The van der Waals surface area contributed by atoms with Gasteiger partial charge in [-0.1, -0.05) is 24.3 Å². The summed E-state index contributed by atoms with van der Waals surface area (Å²) < 4.78 is 30.8. The molecule has 0 bridgehead atoms. The topological polar surface area (TPSA) is 49.9 Å². The van der Waals surface area contributed by atoms with E-state index >= 15 is 0 Å². The standard InChI is InChI=1S/C15H24N2O3S/c1-13-6-4-5-7-14(13)15-12-17(8-10-20-15)9-11-21(18,19)16(2)3/h4-7,15H,8-12H2,1-3H3. The van der Waals surface area contributed by atoms with Crippen molar-refractivity contribution in [1.29, 1.82) is 0 Å². The zero-order chi connectivity index (χ0) is 15.5. The zero-order valence-electron chi connectivity index (χ0n) is 12.9. The van der Waals surface area contributed by atoms with E-state index in [0.717, 1.165) is 13.1 Å². The summed E-state index contributed by atoms with van der Waals surface area (Å²) in [5.41, 5.74) is 2.41. The van der Waals surface area contributed by atoms with Gasteiger partial charge in [0.25, 0.3) is 0 Å². The molecule has 0 amide bonds. The van der Waals surface area contributed by atoms with Gasteiger partial charge in [-0.3, -0.25) is 4.90 Å². The first-order valence-electron chi connectivity index (χ1n) is 7.20. The lowest BCUT2D eigenvalue weighted by atomic mass is 10.0. The highest BCUT2D eigenvalue weighted by atomic mass is 32.2. The predicted molar refractivity (Wildman–Crippen MR) is 83.8 cm³/mol. The average molecular weight is 312 g/mol. The van der Waals surface area contributed by atoms with Crippen LogP contribution in [-0.4, -0.2) is 63.7 Å². The van der Waals surface area contributed by atoms with E-state index in [9.17, 15) is 8.42 Å². The minimum Gasteiger partial charge on any atom is -0.371 e. The molecule has 5 nitrogen and oxygen atoms in total. The van der Waals surface area contributed by atoms with Gasteiger partial charge in [0, 0.05) is 33.7 Å². The summed E-state index contributed by atoms with van der Waals surface area (Å²) in [6, 6.07) is 8.19. The van der Waals surface area contributed by atoms with E-state index < -0.39 is 10.0 Å². The Morgan fingerprint density at radius 1 is 1.33 bits per heavy atom. The Bertz CT molecular complexity index is 572. The Hall–Kier alpha value is -0.950. The van der Waals surface area contributed by atoms with Crippen LogP contribution >= 0.6 is 0 Å². The minimum absolute atomic E-state index is 0.0296. The third-order valence-corrected chi connectivity index (χ3v) is 5.72. The molecule has 118 valence electrons. The van der Waals surface area contributed by atoms with Crippen molar-refractivity contribution in [3.8, 4) is 0 Å². The van der Waals surface area contributed by atoms with Crippen LogP contribution in [0.25, 0.3) is 0 Å². The summed E-state index contributed by atoms with van der Waals surface area (Å²) >= 11 is 0. The van der Waals surface area contributed by atoms with Crippen molar-refractivity contribution in [2.45, 2.75) is 13.0 Å². The molecule has 2 rings (SSSR count). The molecule has 1 aliphatic rings. The number of sulfonamides is 1. The first-order valence-corrected chi connectivity index (χ1v) is 8.81. The first-order chi connectivity index (χ1) is 9.90. The van der Waals surface area contributed by atoms with Crippen molar-refractivity contribution in [1.82, 2.24) is 9.21 Å². The molecule has 1 saturated heterocycles. The van der Waals surface area contributed by atoms with E-state index in [4.69, 9.17) is 4.74 Å². The van der Waals surface area contributed by atoms with Crippen molar-refractivity contribution in [2.24, 2.45) is 0 Å². The maximum Gasteiger partial charge on any atom is 0.214 e. The summed E-state index contributed by atoms with van der Waals surface area (Å²) in [7, 11) is 0.0114. The molecule has 21 heavy (non-hydrogen) atoms. The molecule has 0 spiro atoms. The van der Waals surface area contributed by atoms with Crippen molar-refractivity contribution in [3.63, 3.8) is 0 Å². The maximum absolute atomic E-state index is 11.8. The minimum atomic E-state index is -3.14. The first kappa shape index (κ1) is 16.4. The van der Waals surface area contributed by atoms with E-state index in [1.165, 1.54) is 15.4 Å². The van der Waals surface area contributed by atoms with Crippen LogP contribution in [0.5, 0.6) is 0 Å². The molecule has 1 aliphatic heterocycles. The normalized spacial score (nSPS) is 20.9. The second-order valence-corrected chi connectivity index (χ2v) is 7.92. The number of rotatable bonds is 5. The van der Waals surface area contributed by atoms with Gasteiger partial charge < -0.3 is 4.74 Å². The van der Waals surface area contributed by atoms with E-state index in [0.29, 0.717) is 13.2 Å². The van der Waals surface area contributed by atoms with Crippen LogP contribution in [0.3, 0.4) is 0 Å². The number of ether oxygens (including phenoxy) is 1. The predicted octanol–water partition coefficient (Wildman–Crippen LogP) is 1.26. The van der Waals surface area contributed by atoms with Gasteiger partial charge in [0.1, 0.15) is 0 Å². The molecule has 1 aromatic carbocycles. The number of morpholine rings is 1. The largest absolute Gasteiger partial charge is 0.371 e. The molecular formula is C15H24N2O3S. The number of nitrogens with zero attached hydrogens (tertiary/aromatic N) is 2. The maximum atomic E-state index is 11.8. The van der Waals surface area contributed by atoms with Crippen LogP contribution < -0.4 is 0 Å². The highest BCUT2D eigenvalue weighted by molar-refractivity contribution is 7.89. The molecule has 1 atom stereocenters. The summed E-state index contributed by atoms with van der Waals surface area (Å²) in [6.45, 7) is 4.79. The van der Waals surface area contributed by atoms with Gasteiger partial charge in [0.15, 0.2) is 0 Å². The van der Waals surface area contributed by atoms with Gasteiger partial charge in [-0.15, -0.1) is 0 Å². The van der Waals surface area contributed by atoms with Crippen LogP contribution in [0, 0.1) is 6.92 Å². The van der Waals surface area contributed by atoms with E-state index in [2.05, 4.69) is 24.0 Å². The Morgan fingerprint density at radius 3 is 2.71 bits per heavy atom. The fourth-order valence-corrected chi connectivity index (χ4v) is 3.32. The van der Waals surface area contributed by atoms with Crippen LogP contribution in [0.1, 0.15) is 17.2 Å². The van der Waals surface area contributed by atoms with Crippen molar-refractivity contribution < 1.29 is 13.2 Å². The Kier molecular flexibility index (Phi) is 5.37. The summed E-state index contributed by atoms with van der Waals surface area (Å²) in [5, 5.41) is 0. The fraction of sp³-hybridized carbons (Fsp3) is 0.600. The fourth-order valence-electron chi connectivity index (χ4n) is 2.47. The van der Waals surface area contributed by atoms with Crippen molar-refractivity contribution in [3.05, 3.63) is 35.4 Å². The van der Waals surface area contributed by atoms with Crippen LogP contribution in [0.2, 0.25) is 0 Å². The van der Waals surface area contributed by atoms with Gasteiger partial charge in [0.05, 0.1) is 18.5 Å². The zero-order valence-corrected chi connectivity index (χ0v) is 13.8. The second-order valence-electron chi connectivity index (χ2n) is 5.62. The summed E-state index contributed by atoms with van der Waals surface area (Å²) in [5.74, 6) is 0.153. The molecule has 0 N–H and O–H groups in total. The SMILES string of the molecule is Cc1ccccc1C1CN(CCS(=O)(=O)N(C)C)CCO1. The number of hydrogen-bond acceptors (Lipinski definition) is 4. The smallest absolute Gasteiger partial charge is 0.214 e. The lowest BCUT2D eigenvalue weighted by Gasteiger charge is -2.33. The molecule has 1 fully saturated rings. The van der Waals surface area contributed by atoms with Crippen LogP contribution in [0.15, 0.2) is 24.3 Å². The van der Waals surface area contributed by atoms with E-state index in [-0.39, 0.29) is 11.9 Å². The average Bonchev–Trinajstić information content (AvgIpc) is 2.46. The highest BCUT2D eigenvalue weighted by Crippen LogP contribution is 2.24. The number of hydrogen-bond donors (Lipinski definition) is 0. The Morgan fingerprint density at radius 2 is 2.05 bits per heavy atom. The molecule has 6 heteroatoms. The molecule has 1 aromatic rings. The molecule has 0 saturated carbocycles.